The van der Waals surface area contributed by atoms with E-state index in [-0.39, 0.29) is 0 Å². The van der Waals surface area contributed by atoms with Gasteiger partial charge in [-0.1, -0.05) is 48.5 Å². The van der Waals surface area contributed by atoms with Crippen molar-refractivity contribution < 1.29 is 0 Å². The van der Waals surface area contributed by atoms with Crippen LogP contribution in [0.1, 0.15) is 11.4 Å². The predicted octanol–water partition coefficient (Wildman–Crippen LogP) is 5.92. The Bertz CT molecular complexity index is 1020. The number of nitrogens with zero attached hydrogens (tertiary/aromatic N) is 2. The number of para-hydroxylation sites is 3. The van der Waals surface area contributed by atoms with Gasteiger partial charge in [0, 0.05) is 10.6 Å². The second-order valence-corrected chi connectivity index (χ2v) is 6.62. The van der Waals surface area contributed by atoms with Crippen molar-refractivity contribution in [3.63, 3.8) is 0 Å². The maximum Gasteiger partial charge on any atom is 0.138 e. The van der Waals surface area contributed by atoms with Crippen molar-refractivity contribution in [1.29, 1.82) is 0 Å². The quantitative estimate of drug-likeness (QED) is 0.429. The zero-order chi connectivity index (χ0) is 17.1. The highest BCUT2D eigenvalue weighted by Crippen LogP contribution is 2.23. The van der Waals surface area contributed by atoms with Crippen LogP contribution in [-0.4, -0.2) is 15.8 Å². The molecule has 0 atom stereocenters. The van der Waals surface area contributed by atoms with Gasteiger partial charge in [-0.2, -0.15) is 0 Å². The van der Waals surface area contributed by atoms with Crippen LogP contribution < -0.4 is 0 Å². The summed E-state index contributed by atoms with van der Waals surface area (Å²) in [5.74, 6) is 0.932. The first-order chi connectivity index (χ1) is 12.3. The van der Waals surface area contributed by atoms with Crippen molar-refractivity contribution in [3.05, 3.63) is 90.3 Å². The third kappa shape index (κ3) is 3.24. The third-order valence-corrected chi connectivity index (χ3v) is 4.89. The lowest BCUT2D eigenvalue weighted by Gasteiger charge is -2.06. The second kappa shape index (κ2) is 6.99. The molecule has 0 amide bonds. The van der Waals surface area contributed by atoms with E-state index in [0.717, 1.165) is 22.5 Å². The Labute approximate surface area is 151 Å². The van der Waals surface area contributed by atoms with E-state index in [1.807, 2.05) is 12.1 Å². The van der Waals surface area contributed by atoms with E-state index < -0.39 is 0 Å². The minimum Gasteiger partial charge on any atom is -0.293 e. The second-order valence-electron chi connectivity index (χ2n) is 5.74. The fraction of sp³-hybridized carbons (Fsp3) is 0.0455. The molecule has 1 aromatic heterocycles. The van der Waals surface area contributed by atoms with Crippen LogP contribution in [0.5, 0.6) is 0 Å². The number of rotatable bonds is 4. The average molecular weight is 342 g/mol. The Kier molecular flexibility index (Phi) is 4.40. The Morgan fingerprint density at radius 2 is 1.52 bits per heavy atom. The number of thioether (sulfide) groups is 1. The van der Waals surface area contributed by atoms with Gasteiger partial charge >= 0.3 is 0 Å². The minimum absolute atomic E-state index is 0.932. The Morgan fingerprint density at radius 3 is 2.28 bits per heavy atom. The fourth-order valence-corrected chi connectivity index (χ4v) is 3.30. The molecule has 122 valence electrons. The van der Waals surface area contributed by atoms with Crippen molar-refractivity contribution in [1.82, 2.24) is 9.55 Å². The van der Waals surface area contributed by atoms with E-state index in [1.54, 1.807) is 11.8 Å². The molecule has 4 rings (SSSR count). The molecule has 0 bridgehead atoms. The van der Waals surface area contributed by atoms with E-state index in [1.165, 1.54) is 10.5 Å². The topological polar surface area (TPSA) is 17.8 Å². The van der Waals surface area contributed by atoms with E-state index >= 15 is 0 Å². The van der Waals surface area contributed by atoms with Gasteiger partial charge in [0.05, 0.1) is 11.0 Å². The molecular weight excluding hydrogens is 324 g/mol. The van der Waals surface area contributed by atoms with Crippen molar-refractivity contribution in [2.75, 3.05) is 6.26 Å². The maximum absolute atomic E-state index is 4.81. The van der Waals surface area contributed by atoms with Gasteiger partial charge in [-0.25, -0.2) is 4.98 Å². The lowest BCUT2D eigenvalue weighted by atomic mass is 10.2. The molecule has 0 saturated carbocycles. The summed E-state index contributed by atoms with van der Waals surface area (Å²) >= 11 is 1.75. The molecule has 0 N–H and O–H groups in total. The van der Waals surface area contributed by atoms with Gasteiger partial charge in [0.1, 0.15) is 5.82 Å². The number of hydrogen-bond donors (Lipinski definition) is 0. The maximum atomic E-state index is 4.81. The SMILES string of the molecule is CSc1ccc(C=Cc2nc3ccccc3n2-c2ccccc2)cc1. The Hall–Kier alpha value is -2.78. The molecule has 3 heteroatoms. The van der Waals surface area contributed by atoms with E-state index in [0.29, 0.717) is 0 Å². The van der Waals surface area contributed by atoms with Crippen LogP contribution >= 0.6 is 11.8 Å². The molecule has 25 heavy (non-hydrogen) atoms. The van der Waals surface area contributed by atoms with Crippen LogP contribution in [0.2, 0.25) is 0 Å². The van der Waals surface area contributed by atoms with Gasteiger partial charge in [-0.3, -0.25) is 4.57 Å². The van der Waals surface area contributed by atoms with Crippen LogP contribution in [0, 0.1) is 0 Å². The molecule has 0 radical (unpaired) electrons. The highest BCUT2D eigenvalue weighted by molar-refractivity contribution is 7.98. The van der Waals surface area contributed by atoms with Crippen molar-refractivity contribution in [2.24, 2.45) is 0 Å². The Balaban J connectivity index is 1.79. The standard InChI is InChI=1S/C22H18N2S/c1-25-19-14-11-17(12-15-19)13-16-22-23-20-9-5-6-10-21(20)24(22)18-7-3-2-4-8-18/h2-16H,1H3. The number of imidazole rings is 1. The number of benzene rings is 3. The van der Waals surface area contributed by atoms with Crippen LogP contribution in [0.4, 0.5) is 0 Å². The zero-order valence-electron chi connectivity index (χ0n) is 14.0. The van der Waals surface area contributed by atoms with Crippen molar-refractivity contribution in [3.8, 4) is 5.69 Å². The molecule has 0 aliphatic heterocycles. The molecule has 2 nitrogen and oxygen atoms in total. The fourth-order valence-electron chi connectivity index (χ4n) is 2.89. The Morgan fingerprint density at radius 1 is 0.800 bits per heavy atom. The summed E-state index contributed by atoms with van der Waals surface area (Å²) in [7, 11) is 0. The summed E-state index contributed by atoms with van der Waals surface area (Å²) in [5.41, 5.74) is 4.41. The van der Waals surface area contributed by atoms with Gasteiger partial charge in [0.2, 0.25) is 0 Å². The predicted molar refractivity (Wildman–Crippen MR) is 108 cm³/mol. The summed E-state index contributed by atoms with van der Waals surface area (Å²) in [6, 6.07) is 27.2. The first kappa shape index (κ1) is 15.7. The number of hydrogen-bond acceptors (Lipinski definition) is 2. The van der Waals surface area contributed by atoms with Crippen molar-refractivity contribution in [2.45, 2.75) is 4.90 Å². The first-order valence-electron chi connectivity index (χ1n) is 8.20. The summed E-state index contributed by atoms with van der Waals surface area (Å²) in [4.78, 5) is 6.08. The highest BCUT2D eigenvalue weighted by atomic mass is 32.2. The van der Waals surface area contributed by atoms with Crippen LogP contribution in [-0.2, 0) is 0 Å². The molecule has 0 unspecified atom stereocenters. The molecule has 1 heterocycles. The van der Waals surface area contributed by atoms with Gasteiger partial charge in [-0.05, 0) is 54.3 Å². The van der Waals surface area contributed by atoms with Gasteiger partial charge in [-0.15, -0.1) is 11.8 Å². The largest absolute Gasteiger partial charge is 0.293 e. The molecule has 0 saturated heterocycles. The summed E-state index contributed by atoms with van der Waals surface area (Å²) in [6.45, 7) is 0. The molecule has 0 fully saturated rings. The molecular formula is C22H18N2S. The van der Waals surface area contributed by atoms with Crippen LogP contribution in [0.25, 0.3) is 28.9 Å². The van der Waals surface area contributed by atoms with Gasteiger partial charge in [0.15, 0.2) is 0 Å². The molecule has 0 spiro atoms. The molecule has 0 aliphatic rings. The summed E-state index contributed by atoms with van der Waals surface area (Å²) in [5, 5.41) is 0. The molecule has 4 aromatic rings. The summed E-state index contributed by atoms with van der Waals surface area (Å²) < 4.78 is 2.20. The normalized spacial score (nSPS) is 11.4. The highest BCUT2D eigenvalue weighted by Gasteiger charge is 2.09. The number of aromatic nitrogens is 2. The van der Waals surface area contributed by atoms with Gasteiger partial charge in [0.25, 0.3) is 0 Å². The van der Waals surface area contributed by atoms with E-state index in [9.17, 15) is 0 Å². The average Bonchev–Trinajstić information content (AvgIpc) is 3.06. The third-order valence-electron chi connectivity index (χ3n) is 4.14. The van der Waals surface area contributed by atoms with E-state index in [2.05, 4.69) is 89.7 Å². The lowest BCUT2D eigenvalue weighted by molar-refractivity contribution is 1.07. The van der Waals surface area contributed by atoms with Crippen LogP contribution in [0.3, 0.4) is 0 Å². The molecule has 3 aromatic carbocycles. The first-order valence-corrected chi connectivity index (χ1v) is 9.43. The van der Waals surface area contributed by atoms with Crippen molar-refractivity contribution >= 4 is 34.9 Å². The van der Waals surface area contributed by atoms with Crippen LogP contribution in [0.15, 0.2) is 83.8 Å². The zero-order valence-corrected chi connectivity index (χ0v) is 14.8. The molecule has 0 aliphatic carbocycles. The number of fused-ring (bicyclic) bond motifs is 1. The minimum atomic E-state index is 0.932. The summed E-state index contributed by atoms with van der Waals surface area (Å²) in [6.07, 6.45) is 6.29. The van der Waals surface area contributed by atoms with E-state index in [4.69, 9.17) is 4.98 Å². The monoisotopic (exact) mass is 342 g/mol. The van der Waals surface area contributed by atoms with Gasteiger partial charge < -0.3 is 0 Å². The lowest BCUT2D eigenvalue weighted by Crippen LogP contribution is -1.96. The smallest absolute Gasteiger partial charge is 0.138 e.